The summed E-state index contributed by atoms with van der Waals surface area (Å²) in [5.41, 5.74) is 5.43. The lowest BCUT2D eigenvalue weighted by atomic mass is 10.2. The third-order valence-corrected chi connectivity index (χ3v) is 4.62. The highest BCUT2D eigenvalue weighted by Crippen LogP contribution is 2.45. The van der Waals surface area contributed by atoms with Crippen molar-refractivity contribution in [1.29, 1.82) is 0 Å². The van der Waals surface area contributed by atoms with E-state index in [9.17, 15) is 12.8 Å². The van der Waals surface area contributed by atoms with Gasteiger partial charge < -0.3 is 5.73 Å². The average molecular weight is 258 g/mol. The van der Waals surface area contributed by atoms with Crippen LogP contribution in [0.15, 0.2) is 23.1 Å². The van der Waals surface area contributed by atoms with Crippen molar-refractivity contribution in [1.82, 2.24) is 4.72 Å². The summed E-state index contributed by atoms with van der Waals surface area (Å²) in [6.45, 7) is 3.96. The Morgan fingerprint density at radius 3 is 2.53 bits per heavy atom. The Bertz CT molecular complexity index is 555. The Kier molecular flexibility index (Phi) is 2.67. The quantitative estimate of drug-likeness (QED) is 0.807. The summed E-state index contributed by atoms with van der Waals surface area (Å²) in [7, 11) is -3.66. The highest BCUT2D eigenvalue weighted by Gasteiger charge is 2.48. The van der Waals surface area contributed by atoms with Gasteiger partial charge in [0.1, 0.15) is 10.7 Å². The fraction of sp³-hybridized carbons (Fsp3) is 0.455. The van der Waals surface area contributed by atoms with Crippen LogP contribution in [0.3, 0.4) is 0 Å². The van der Waals surface area contributed by atoms with Gasteiger partial charge in [0.2, 0.25) is 10.0 Å². The van der Waals surface area contributed by atoms with Crippen molar-refractivity contribution in [2.24, 2.45) is 5.41 Å². The summed E-state index contributed by atoms with van der Waals surface area (Å²) in [5.74, 6) is -0.548. The van der Waals surface area contributed by atoms with Crippen molar-refractivity contribution >= 4 is 15.7 Å². The Morgan fingerprint density at radius 2 is 2.06 bits per heavy atom. The summed E-state index contributed by atoms with van der Waals surface area (Å²) in [5, 5.41) is 0. The normalized spacial score (nSPS) is 22.4. The van der Waals surface area contributed by atoms with E-state index in [0.29, 0.717) is 0 Å². The summed E-state index contributed by atoms with van der Waals surface area (Å²) < 4.78 is 39.4. The van der Waals surface area contributed by atoms with Crippen molar-refractivity contribution in [2.75, 3.05) is 5.73 Å². The van der Waals surface area contributed by atoms with E-state index in [1.165, 1.54) is 6.07 Å². The van der Waals surface area contributed by atoms with Gasteiger partial charge >= 0.3 is 0 Å². The summed E-state index contributed by atoms with van der Waals surface area (Å²) in [4.78, 5) is -0.0680. The molecule has 1 fully saturated rings. The van der Waals surface area contributed by atoms with Crippen molar-refractivity contribution in [3.63, 3.8) is 0 Å². The van der Waals surface area contributed by atoms with E-state index < -0.39 is 15.8 Å². The van der Waals surface area contributed by atoms with Crippen LogP contribution in [-0.4, -0.2) is 14.5 Å². The third-order valence-electron chi connectivity index (χ3n) is 3.07. The van der Waals surface area contributed by atoms with E-state index in [4.69, 9.17) is 5.73 Å². The molecule has 1 aliphatic rings. The van der Waals surface area contributed by atoms with Crippen LogP contribution in [0.5, 0.6) is 0 Å². The predicted octanol–water partition coefficient (Wildman–Crippen LogP) is 1.48. The van der Waals surface area contributed by atoms with Crippen LogP contribution in [0.4, 0.5) is 10.1 Å². The maximum absolute atomic E-state index is 12.8. The van der Waals surface area contributed by atoms with Gasteiger partial charge in [-0.3, -0.25) is 0 Å². The molecule has 4 nitrogen and oxygen atoms in total. The van der Waals surface area contributed by atoms with Crippen molar-refractivity contribution in [3.8, 4) is 0 Å². The lowest BCUT2D eigenvalue weighted by Crippen LogP contribution is -2.29. The Labute approximate surface area is 100 Å². The van der Waals surface area contributed by atoms with Crippen LogP contribution in [0, 0.1) is 11.2 Å². The number of nitrogens with one attached hydrogen (secondary N) is 1. The van der Waals surface area contributed by atoms with Crippen LogP contribution in [0.2, 0.25) is 0 Å². The monoisotopic (exact) mass is 258 g/mol. The molecule has 0 aliphatic heterocycles. The summed E-state index contributed by atoms with van der Waals surface area (Å²) in [6.07, 6.45) is 0.799. The number of hydrogen-bond donors (Lipinski definition) is 2. The number of anilines is 1. The van der Waals surface area contributed by atoms with Crippen molar-refractivity contribution < 1.29 is 12.8 Å². The molecule has 1 aromatic carbocycles. The highest BCUT2D eigenvalue weighted by molar-refractivity contribution is 7.89. The highest BCUT2D eigenvalue weighted by atomic mass is 32.2. The molecule has 1 aromatic rings. The first-order valence-electron chi connectivity index (χ1n) is 5.30. The summed E-state index contributed by atoms with van der Waals surface area (Å²) >= 11 is 0. The molecule has 2 rings (SSSR count). The number of benzene rings is 1. The molecule has 0 amide bonds. The molecule has 94 valence electrons. The number of nitrogens with two attached hydrogens (primary N) is 1. The topological polar surface area (TPSA) is 72.2 Å². The van der Waals surface area contributed by atoms with Crippen LogP contribution >= 0.6 is 0 Å². The number of halogens is 1. The number of rotatable bonds is 3. The molecular weight excluding hydrogens is 243 g/mol. The second-order valence-electron chi connectivity index (χ2n) is 5.05. The fourth-order valence-electron chi connectivity index (χ4n) is 1.68. The van der Waals surface area contributed by atoms with E-state index in [0.717, 1.165) is 18.6 Å². The lowest BCUT2D eigenvalue weighted by molar-refractivity contribution is 0.555. The summed E-state index contributed by atoms with van der Waals surface area (Å²) in [6, 6.07) is 3.20. The van der Waals surface area contributed by atoms with E-state index in [2.05, 4.69) is 4.72 Å². The first kappa shape index (κ1) is 12.3. The molecule has 6 heteroatoms. The number of hydrogen-bond acceptors (Lipinski definition) is 3. The van der Waals surface area contributed by atoms with Crippen molar-refractivity contribution in [2.45, 2.75) is 31.2 Å². The van der Waals surface area contributed by atoms with E-state index in [-0.39, 0.29) is 22.0 Å². The Hall–Kier alpha value is -1.14. The van der Waals surface area contributed by atoms with Gasteiger partial charge in [0.25, 0.3) is 0 Å². The minimum atomic E-state index is -3.66. The van der Waals surface area contributed by atoms with Gasteiger partial charge in [-0.15, -0.1) is 0 Å². The molecule has 0 saturated heterocycles. The van der Waals surface area contributed by atoms with Gasteiger partial charge in [-0.2, -0.15) is 0 Å². The molecule has 1 atom stereocenters. The molecule has 17 heavy (non-hydrogen) atoms. The molecule has 3 N–H and O–H groups in total. The van der Waals surface area contributed by atoms with Crippen LogP contribution in [-0.2, 0) is 10.0 Å². The molecule has 1 unspecified atom stereocenters. The zero-order chi connectivity index (χ0) is 12.8. The number of sulfonamides is 1. The largest absolute Gasteiger partial charge is 0.398 e. The van der Waals surface area contributed by atoms with Crippen LogP contribution in [0.1, 0.15) is 20.3 Å². The van der Waals surface area contributed by atoms with E-state index in [1.807, 2.05) is 13.8 Å². The maximum atomic E-state index is 12.8. The van der Waals surface area contributed by atoms with Crippen molar-refractivity contribution in [3.05, 3.63) is 24.0 Å². The molecule has 0 heterocycles. The molecule has 0 radical (unpaired) electrons. The number of nitrogen functional groups attached to an aromatic ring is 1. The van der Waals surface area contributed by atoms with Crippen LogP contribution < -0.4 is 10.5 Å². The molecule has 0 bridgehead atoms. The maximum Gasteiger partial charge on any atom is 0.242 e. The molecule has 0 spiro atoms. The molecular formula is C11H15FN2O2S. The zero-order valence-corrected chi connectivity index (χ0v) is 10.5. The second-order valence-corrected chi connectivity index (χ2v) is 6.73. The fourth-order valence-corrected chi connectivity index (χ4v) is 3.20. The zero-order valence-electron chi connectivity index (χ0n) is 9.70. The first-order valence-corrected chi connectivity index (χ1v) is 6.78. The SMILES string of the molecule is CC1(C)CC1NS(=O)(=O)c1ccc(F)cc1N. The van der Waals surface area contributed by atoms with Gasteiger partial charge in [-0.25, -0.2) is 17.5 Å². The predicted molar refractivity (Wildman–Crippen MR) is 63.3 cm³/mol. The minimum Gasteiger partial charge on any atom is -0.398 e. The van der Waals surface area contributed by atoms with E-state index >= 15 is 0 Å². The van der Waals surface area contributed by atoms with Gasteiger partial charge in [-0.1, -0.05) is 13.8 Å². The first-order chi connectivity index (χ1) is 7.72. The minimum absolute atomic E-state index is 0.0120. The molecule has 1 aliphatic carbocycles. The van der Waals surface area contributed by atoms with Gasteiger partial charge in [0, 0.05) is 6.04 Å². The molecule has 1 saturated carbocycles. The Morgan fingerprint density at radius 1 is 1.47 bits per heavy atom. The second kappa shape index (κ2) is 3.68. The third kappa shape index (κ3) is 2.42. The van der Waals surface area contributed by atoms with E-state index in [1.54, 1.807) is 0 Å². The van der Waals surface area contributed by atoms with Crippen LogP contribution in [0.25, 0.3) is 0 Å². The average Bonchev–Trinajstić information content (AvgIpc) is 2.70. The van der Waals surface area contributed by atoms with Gasteiger partial charge in [-0.05, 0) is 30.0 Å². The van der Waals surface area contributed by atoms with Gasteiger partial charge in [0.05, 0.1) is 5.69 Å². The lowest BCUT2D eigenvalue weighted by Gasteiger charge is -2.10. The molecule has 0 aromatic heterocycles. The Balaban J connectivity index is 2.26. The smallest absolute Gasteiger partial charge is 0.242 e. The standard InChI is InChI=1S/C11H15FN2O2S/c1-11(2)6-10(11)14-17(15,16)9-4-3-7(12)5-8(9)13/h3-5,10,14H,6,13H2,1-2H3. The van der Waals surface area contributed by atoms with Gasteiger partial charge in [0.15, 0.2) is 0 Å².